The molecule has 0 atom stereocenters. The van der Waals surface area contributed by atoms with Gasteiger partial charge in [0.1, 0.15) is 17.3 Å². The highest BCUT2D eigenvalue weighted by Gasteiger charge is 2.09. The number of ether oxygens (including phenoxy) is 2. The maximum absolute atomic E-state index is 12.9. The Kier molecular flexibility index (Phi) is 5.52. The van der Waals surface area contributed by atoms with Crippen molar-refractivity contribution in [1.29, 1.82) is 0 Å². The van der Waals surface area contributed by atoms with Gasteiger partial charge in [-0.05, 0) is 30.3 Å². The number of nitrogens with zero attached hydrogens (tertiary/aromatic N) is 2. The van der Waals surface area contributed by atoms with Gasteiger partial charge in [0, 0.05) is 24.4 Å². The summed E-state index contributed by atoms with van der Waals surface area (Å²) >= 11 is 0. The molecule has 0 saturated heterocycles. The Morgan fingerprint density at radius 2 is 1.77 bits per heavy atom. The molecule has 3 aromatic rings. The lowest BCUT2D eigenvalue weighted by molar-refractivity contribution is -0.0504. The van der Waals surface area contributed by atoms with Gasteiger partial charge in [0.15, 0.2) is 0 Å². The first-order chi connectivity index (χ1) is 12.6. The first-order valence-corrected chi connectivity index (χ1v) is 7.63. The molecule has 0 aliphatic heterocycles. The highest BCUT2D eigenvalue weighted by Crippen LogP contribution is 2.22. The maximum atomic E-state index is 12.9. The molecule has 0 amide bonds. The van der Waals surface area contributed by atoms with Gasteiger partial charge in [-0.3, -0.25) is 0 Å². The molecule has 134 valence electrons. The average Bonchev–Trinajstić information content (AvgIpc) is 2.63. The first kappa shape index (κ1) is 17.5. The average molecular weight is 361 g/mol. The van der Waals surface area contributed by atoms with E-state index in [0.29, 0.717) is 11.3 Å². The standard InChI is InChI=1S/C18H14F3N3O2/c19-13-5-7-14(8-6-13)25-16-9-10-22-18(24-16)23-11-12-3-1-2-4-15(12)26-17(20)21/h1-10,17H,11H2,(H,22,23,24). The van der Waals surface area contributed by atoms with Gasteiger partial charge >= 0.3 is 6.61 Å². The summed E-state index contributed by atoms with van der Waals surface area (Å²) in [5.74, 6) is 0.634. The third-order valence-electron chi connectivity index (χ3n) is 3.29. The highest BCUT2D eigenvalue weighted by molar-refractivity contribution is 5.38. The molecule has 1 heterocycles. The quantitative estimate of drug-likeness (QED) is 0.665. The molecule has 0 radical (unpaired) electrons. The molecule has 0 spiro atoms. The van der Waals surface area contributed by atoms with Gasteiger partial charge in [-0.25, -0.2) is 9.37 Å². The van der Waals surface area contributed by atoms with E-state index in [1.165, 1.54) is 36.5 Å². The molecular formula is C18H14F3N3O2. The lowest BCUT2D eigenvalue weighted by atomic mass is 10.2. The van der Waals surface area contributed by atoms with E-state index in [0.717, 1.165) is 0 Å². The number of anilines is 1. The van der Waals surface area contributed by atoms with E-state index < -0.39 is 6.61 Å². The summed E-state index contributed by atoms with van der Waals surface area (Å²) in [4.78, 5) is 8.22. The van der Waals surface area contributed by atoms with Crippen molar-refractivity contribution in [2.24, 2.45) is 0 Å². The van der Waals surface area contributed by atoms with E-state index in [1.807, 2.05) is 0 Å². The summed E-state index contributed by atoms with van der Waals surface area (Å²) in [7, 11) is 0. The van der Waals surface area contributed by atoms with Crippen molar-refractivity contribution < 1.29 is 22.6 Å². The molecule has 0 bridgehead atoms. The van der Waals surface area contributed by atoms with Crippen LogP contribution in [0.4, 0.5) is 19.1 Å². The number of alkyl halides is 2. The van der Waals surface area contributed by atoms with Crippen molar-refractivity contribution in [2.75, 3.05) is 5.32 Å². The number of para-hydroxylation sites is 1. The Balaban J connectivity index is 1.67. The van der Waals surface area contributed by atoms with Crippen molar-refractivity contribution in [3.63, 3.8) is 0 Å². The van der Waals surface area contributed by atoms with E-state index >= 15 is 0 Å². The zero-order chi connectivity index (χ0) is 18.4. The largest absolute Gasteiger partial charge is 0.439 e. The molecule has 1 aromatic heterocycles. The fourth-order valence-electron chi connectivity index (χ4n) is 2.14. The van der Waals surface area contributed by atoms with E-state index in [-0.39, 0.29) is 29.9 Å². The summed E-state index contributed by atoms with van der Waals surface area (Å²) in [6.45, 7) is -2.72. The predicted molar refractivity (Wildman–Crippen MR) is 88.9 cm³/mol. The predicted octanol–water partition coefficient (Wildman–Crippen LogP) is 4.62. The summed E-state index contributed by atoms with van der Waals surface area (Å²) < 4.78 is 47.8. The van der Waals surface area contributed by atoms with Crippen molar-refractivity contribution in [3.05, 3.63) is 72.2 Å². The lowest BCUT2D eigenvalue weighted by Crippen LogP contribution is -2.08. The second-order valence-corrected chi connectivity index (χ2v) is 5.11. The fourth-order valence-corrected chi connectivity index (χ4v) is 2.14. The van der Waals surface area contributed by atoms with Crippen LogP contribution in [0.3, 0.4) is 0 Å². The van der Waals surface area contributed by atoms with Gasteiger partial charge in [-0.1, -0.05) is 18.2 Å². The molecule has 0 aliphatic rings. The summed E-state index contributed by atoms with van der Waals surface area (Å²) in [6.07, 6.45) is 1.48. The Bertz CT molecular complexity index is 860. The van der Waals surface area contributed by atoms with Crippen LogP contribution in [0.1, 0.15) is 5.56 Å². The minimum Gasteiger partial charge on any atom is -0.439 e. The van der Waals surface area contributed by atoms with Gasteiger partial charge in [0.25, 0.3) is 0 Å². The van der Waals surface area contributed by atoms with E-state index in [2.05, 4.69) is 20.0 Å². The summed E-state index contributed by atoms with van der Waals surface area (Å²) in [5, 5.41) is 2.92. The van der Waals surface area contributed by atoms with Crippen molar-refractivity contribution >= 4 is 5.95 Å². The third kappa shape index (κ3) is 4.85. The summed E-state index contributed by atoms with van der Waals surface area (Å²) in [5.41, 5.74) is 0.529. The Morgan fingerprint density at radius 3 is 2.54 bits per heavy atom. The zero-order valence-electron chi connectivity index (χ0n) is 13.4. The Labute approximate surface area is 147 Å². The van der Waals surface area contributed by atoms with Crippen LogP contribution in [-0.4, -0.2) is 16.6 Å². The normalized spacial score (nSPS) is 10.6. The monoisotopic (exact) mass is 361 g/mol. The van der Waals surface area contributed by atoms with Crippen LogP contribution in [-0.2, 0) is 6.54 Å². The molecule has 5 nitrogen and oxygen atoms in total. The van der Waals surface area contributed by atoms with E-state index in [9.17, 15) is 13.2 Å². The molecule has 0 fully saturated rings. The molecular weight excluding hydrogens is 347 g/mol. The van der Waals surface area contributed by atoms with Crippen LogP contribution in [0.25, 0.3) is 0 Å². The Hall–Kier alpha value is -3.29. The third-order valence-corrected chi connectivity index (χ3v) is 3.29. The SMILES string of the molecule is Fc1ccc(Oc2ccnc(NCc3ccccc3OC(F)F)n2)cc1. The zero-order valence-corrected chi connectivity index (χ0v) is 13.4. The van der Waals surface area contributed by atoms with Crippen LogP contribution in [0.2, 0.25) is 0 Å². The van der Waals surface area contributed by atoms with Crippen LogP contribution >= 0.6 is 0 Å². The van der Waals surface area contributed by atoms with Crippen LogP contribution in [0, 0.1) is 5.82 Å². The molecule has 0 aliphatic carbocycles. The smallest absolute Gasteiger partial charge is 0.387 e. The molecule has 0 saturated carbocycles. The van der Waals surface area contributed by atoms with E-state index in [4.69, 9.17) is 4.74 Å². The minimum atomic E-state index is -2.90. The van der Waals surface area contributed by atoms with Gasteiger partial charge < -0.3 is 14.8 Å². The second kappa shape index (κ2) is 8.19. The molecule has 1 N–H and O–H groups in total. The number of aromatic nitrogens is 2. The molecule has 0 unspecified atom stereocenters. The number of hydrogen-bond acceptors (Lipinski definition) is 5. The van der Waals surface area contributed by atoms with Crippen molar-refractivity contribution in [3.8, 4) is 17.4 Å². The van der Waals surface area contributed by atoms with Crippen LogP contribution in [0.15, 0.2) is 60.8 Å². The molecule has 26 heavy (non-hydrogen) atoms. The summed E-state index contributed by atoms with van der Waals surface area (Å²) in [6, 6.07) is 13.5. The second-order valence-electron chi connectivity index (χ2n) is 5.11. The molecule has 3 rings (SSSR count). The van der Waals surface area contributed by atoms with Gasteiger partial charge in [0.05, 0.1) is 0 Å². The van der Waals surface area contributed by atoms with Gasteiger partial charge in [-0.2, -0.15) is 13.8 Å². The number of nitrogens with one attached hydrogen (secondary N) is 1. The van der Waals surface area contributed by atoms with Gasteiger partial charge in [0.2, 0.25) is 11.8 Å². The van der Waals surface area contributed by atoms with Gasteiger partial charge in [-0.15, -0.1) is 0 Å². The molecule has 2 aromatic carbocycles. The highest BCUT2D eigenvalue weighted by atomic mass is 19.3. The minimum absolute atomic E-state index is 0.0775. The van der Waals surface area contributed by atoms with Crippen LogP contribution in [0.5, 0.6) is 17.4 Å². The van der Waals surface area contributed by atoms with E-state index in [1.54, 1.807) is 24.3 Å². The number of rotatable bonds is 7. The Morgan fingerprint density at radius 1 is 1.00 bits per heavy atom. The topological polar surface area (TPSA) is 56.3 Å². The maximum Gasteiger partial charge on any atom is 0.387 e. The first-order valence-electron chi connectivity index (χ1n) is 7.63. The van der Waals surface area contributed by atoms with Crippen molar-refractivity contribution in [1.82, 2.24) is 9.97 Å². The number of benzene rings is 2. The lowest BCUT2D eigenvalue weighted by Gasteiger charge is -2.11. The number of halogens is 3. The van der Waals surface area contributed by atoms with Crippen molar-refractivity contribution in [2.45, 2.75) is 13.2 Å². The number of hydrogen-bond donors (Lipinski definition) is 1. The fraction of sp³-hybridized carbons (Fsp3) is 0.111. The van der Waals surface area contributed by atoms with Crippen LogP contribution < -0.4 is 14.8 Å². The molecule has 8 heteroatoms.